The number of benzene rings is 1. The van der Waals surface area contributed by atoms with E-state index in [1.165, 1.54) is 12.4 Å². The number of hydrogen-bond donors (Lipinski definition) is 4. The number of hydrogen-bond acceptors (Lipinski definition) is 8. The van der Waals surface area contributed by atoms with Crippen LogP contribution in [-0.2, 0) is 9.57 Å². The van der Waals surface area contributed by atoms with E-state index in [0.717, 1.165) is 0 Å². The molecule has 9 nitrogen and oxygen atoms in total. The van der Waals surface area contributed by atoms with Crippen LogP contribution in [0.1, 0.15) is 24.8 Å². The molecule has 0 radical (unpaired) electrons. The van der Waals surface area contributed by atoms with E-state index in [-0.39, 0.29) is 17.4 Å². The van der Waals surface area contributed by atoms with Gasteiger partial charge in [-0.2, -0.15) is 0 Å². The zero-order valence-electron chi connectivity index (χ0n) is 16.2. The van der Waals surface area contributed by atoms with Crippen molar-refractivity contribution in [3.63, 3.8) is 0 Å². The molecule has 1 aliphatic rings. The second kappa shape index (κ2) is 9.85. The van der Waals surface area contributed by atoms with Crippen molar-refractivity contribution in [1.29, 1.82) is 0 Å². The second-order valence-corrected chi connectivity index (χ2v) is 7.62. The summed E-state index contributed by atoms with van der Waals surface area (Å²) in [4.78, 5) is 13.6. The molecule has 1 saturated heterocycles. The van der Waals surface area contributed by atoms with E-state index in [9.17, 15) is 15.3 Å². The summed E-state index contributed by atoms with van der Waals surface area (Å²) in [6.45, 7) is 2.27. The zero-order valence-corrected chi connectivity index (χ0v) is 18.6. The minimum Gasteiger partial charge on any atom is -0.387 e. The molecule has 168 valence electrons. The maximum absolute atomic E-state index is 10.7. The van der Waals surface area contributed by atoms with Gasteiger partial charge in [0.05, 0.1) is 22.0 Å². The lowest BCUT2D eigenvalue weighted by Gasteiger charge is -2.21. The van der Waals surface area contributed by atoms with Gasteiger partial charge in [-0.05, 0) is 30.7 Å². The summed E-state index contributed by atoms with van der Waals surface area (Å²) in [5.41, 5.74) is 3.61. The monoisotopic (exact) mass is 490 g/mol. The van der Waals surface area contributed by atoms with Gasteiger partial charge in [0.2, 0.25) is 0 Å². The third kappa shape index (κ3) is 4.46. The van der Waals surface area contributed by atoms with Crippen LogP contribution in [0.4, 0.5) is 5.82 Å². The number of anilines is 1. The lowest BCUT2D eigenvalue weighted by atomic mass is 9.99. The Labute approximate surface area is 193 Å². The minimum absolute atomic E-state index is 0. The summed E-state index contributed by atoms with van der Waals surface area (Å²) < 4.78 is 7.44. The molecule has 3 heterocycles. The van der Waals surface area contributed by atoms with Crippen molar-refractivity contribution >= 4 is 52.5 Å². The third-order valence-electron chi connectivity index (χ3n) is 4.97. The van der Waals surface area contributed by atoms with Gasteiger partial charge in [-0.3, -0.25) is 4.84 Å². The number of aliphatic hydroxyl groups is 3. The summed E-state index contributed by atoms with van der Waals surface area (Å²) in [6.07, 6.45) is -2.95. The molecule has 5 atom stereocenters. The molecule has 0 spiro atoms. The SMILES string of the molecule is CCONc1ncnc2c1ccn2[C@@H]1O[C@H](C(O)c2ccc(Cl)c(Cl)c2)[C@@H](O)[C@H]1O.Cl. The van der Waals surface area contributed by atoms with Crippen LogP contribution < -0.4 is 5.48 Å². The molecule has 1 unspecified atom stereocenters. The largest absolute Gasteiger partial charge is 0.387 e. The quantitative estimate of drug-likeness (QED) is 0.388. The summed E-state index contributed by atoms with van der Waals surface area (Å²) in [6, 6.07) is 6.36. The van der Waals surface area contributed by atoms with E-state index in [0.29, 0.717) is 34.0 Å². The first kappa shape index (κ1) is 24.0. The van der Waals surface area contributed by atoms with Crippen molar-refractivity contribution in [2.24, 2.45) is 0 Å². The molecule has 1 aliphatic heterocycles. The van der Waals surface area contributed by atoms with Crippen LogP contribution in [-0.4, -0.2) is 54.8 Å². The van der Waals surface area contributed by atoms with Crippen LogP contribution in [0.25, 0.3) is 11.0 Å². The molecule has 1 aromatic carbocycles. The summed E-state index contributed by atoms with van der Waals surface area (Å²) in [7, 11) is 0. The Bertz CT molecular complexity index is 1050. The number of nitrogens with one attached hydrogen (secondary N) is 1. The van der Waals surface area contributed by atoms with Crippen molar-refractivity contribution in [3.8, 4) is 0 Å². The highest BCUT2D eigenvalue weighted by Crippen LogP contribution is 2.38. The molecular weight excluding hydrogens is 471 g/mol. The molecule has 2 aromatic heterocycles. The van der Waals surface area contributed by atoms with Crippen LogP contribution in [0, 0.1) is 0 Å². The van der Waals surface area contributed by atoms with Crippen molar-refractivity contribution in [3.05, 3.63) is 52.4 Å². The molecule has 31 heavy (non-hydrogen) atoms. The normalized spacial score (nSPS) is 24.2. The average Bonchev–Trinajstić information content (AvgIpc) is 3.30. The lowest BCUT2D eigenvalue weighted by Crippen LogP contribution is -2.34. The Morgan fingerprint density at radius 2 is 1.97 bits per heavy atom. The fourth-order valence-electron chi connectivity index (χ4n) is 3.46. The number of ether oxygens (including phenoxy) is 1. The van der Waals surface area contributed by atoms with Crippen LogP contribution >= 0.6 is 35.6 Å². The molecule has 1 fully saturated rings. The number of halogens is 3. The Morgan fingerprint density at radius 1 is 1.19 bits per heavy atom. The Balaban J connectivity index is 0.00000272. The highest BCUT2D eigenvalue weighted by Gasteiger charge is 2.47. The highest BCUT2D eigenvalue weighted by atomic mass is 35.5. The summed E-state index contributed by atoms with van der Waals surface area (Å²) >= 11 is 11.9. The maximum Gasteiger partial charge on any atom is 0.164 e. The van der Waals surface area contributed by atoms with Gasteiger partial charge in [0.25, 0.3) is 0 Å². The molecule has 4 rings (SSSR count). The van der Waals surface area contributed by atoms with E-state index >= 15 is 0 Å². The van der Waals surface area contributed by atoms with Gasteiger partial charge >= 0.3 is 0 Å². The van der Waals surface area contributed by atoms with Crippen molar-refractivity contribution < 1.29 is 24.9 Å². The number of rotatable bonds is 6. The van der Waals surface area contributed by atoms with Crippen LogP contribution in [0.5, 0.6) is 0 Å². The van der Waals surface area contributed by atoms with Crippen molar-refractivity contribution in [1.82, 2.24) is 14.5 Å². The van der Waals surface area contributed by atoms with Gasteiger partial charge in [0.1, 0.15) is 36.4 Å². The molecule has 0 aliphatic carbocycles. The predicted molar refractivity (Wildman–Crippen MR) is 117 cm³/mol. The zero-order chi connectivity index (χ0) is 21.4. The van der Waals surface area contributed by atoms with E-state index in [1.807, 2.05) is 6.92 Å². The van der Waals surface area contributed by atoms with Crippen LogP contribution in [0.2, 0.25) is 10.0 Å². The van der Waals surface area contributed by atoms with Crippen LogP contribution in [0.15, 0.2) is 36.8 Å². The molecule has 3 aromatic rings. The molecule has 0 amide bonds. The van der Waals surface area contributed by atoms with Crippen molar-refractivity contribution in [2.45, 2.75) is 37.6 Å². The van der Waals surface area contributed by atoms with Gasteiger partial charge in [-0.1, -0.05) is 29.3 Å². The van der Waals surface area contributed by atoms with Gasteiger partial charge in [-0.15, -0.1) is 12.4 Å². The van der Waals surface area contributed by atoms with Crippen molar-refractivity contribution in [2.75, 3.05) is 12.1 Å². The number of fused-ring (bicyclic) bond motifs is 1. The Kier molecular flexibility index (Phi) is 7.61. The average molecular weight is 492 g/mol. The molecule has 0 bridgehead atoms. The van der Waals surface area contributed by atoms with E-state index in [4.69, 9.17) is 32.8 Å². The Morgan fingerprint density at radius 3 is 2.68 bits per heavy atom. The number of aromatic nitrogens is 3. The molecule has 0 saturated carbocycles. The summed E-state index contributed by atoms with van der Waals surface area (Å²) in [5, 5.41) is 33.2. The van der Waals surface area contributed by atoms with E-state index in [2.05, 4.69) is 15.4 Å². The second-order valence-electron chi connectivity index (χ2n) is 6.81. The predicted octanol–water partition coefficient (Wildman–Crippen LogP) is 2.88. The molecule has 12 heteroatoms. The topological polar surface area (TPSA) is 122 Å². The first-order valence-electron chi connectivity index (χ1n) is 9.26. The minimum atomic E-state index is -1.35. The lowest BCUT2D eigenvalue weighted by molar-refractivity contribution is -0.0848. The van der Waals surface area contributed by atoms with Gasteiger partial charge in [0.15, 0.2) is 12.0 Å². The van der Waals surface area contributed by atoms with E-state index < -0.39 is 30.6 Å². The number of nitrogens with zero attached hydrogens (tertiary/aromatic N) is 3. The summed E-state index contributed by atoms with van der Waals surface area (Å²) in [5.74, 6) is 0.459. The smallest absolute Gasteiger partial charge is 0.164 e. The maximum atomic E-state index is 10.7. The van der Waals surface area contributed by atoms with Gasteiger partial charge in [-0.25, -0.2) is 15.4 Å². The highest BCUT2D eigenvalue weighted by molar-refractivity contribution is 6.42. The van der Waals surface area contributed by atoms with Crippen LogP contribution in [0.3, 0.4) is 0 Å². The van der Waals surface area contributed by atoms with E-state index in [1.54, 1.807) is 29.0 Å². The molecule has 4 N–H and O–H groups in total. The fraction of sp³-hybridized carbons (Fsp3) is 0.368. The third-order valence-corrected chi connectivity index (χ3v) is 5.71. The Hall–Kier alpha value is -1.69. The standard InChI is InChI=1S/C19H20Cl2N4O5.ClH/c1-2-29-24-17-10-5-6-25(18(10)23-8-22-17)19-15(28)14(27)16(30-19)13(26)9-3-4-11(20)12(21)7-9;/h3-8,13-16,19,26-28H,2H2,1H3,(H,22,23,24);1H/t13?,14-,15+,16+,19+;/m0./s1. The molecular formula is C19H21Cl3N4O5. The number of aliphatic hydroxyl groups excluding tert-OH is 3. The first-order valence-corrected chi connectivity index (χ1v) is 10.0. The first-order chi connectivity index (χ1) is 14.4. The van der Waals surface area contributed by atoms with Gasteiger partial charge in [0, 0.05) is 6.20 Å². The fourth-order valence-corrected chi connectivity index (χ4v) is 3.77. The van der Waals surface area contributed by atoms with Gasteiger partial charge < -0.3 is 24.6 Å².